The summed E-state index contributed by atoms with van der Waals surface area (Å²) in [6.45, 7) is 0. The van der Waals surface area contributed by atoms with E-state index in [4.69, 9.17) is 0 Å². The van der Waals surface area contributed by atoms with Gasteiger partial charge >= 0.3 is 0 Å². The fraction of sp³-hybridized carbons (Fsp3) is 0. The molecule has 2 aromatic rings. The van der Waals surface area contributed by atoms with Crippen molar-refractivity contribution in [2.45, 2.75) is 0 Å². The number of aromatic nitrogens is 2. The van der Waals surface area contributed by atoms with Gasteiger partial charge < -0.3 is 0 Å². The van der Waals surface area contributed by atoms with Crippen LogP contribution in [0.15, 0.2) is 36.8 Å². The first kappa shape index (κ1) is 8.74. The summed E-state index contributed by atoms with van der Waals surface area (Å²) < 4.78 is 26.4. The molecule has 0 saturated carbocycles. The van der Waals surface area contributed by atoms with E-state index in [0.29, 0.717) is 0 Å². The van der Waals surface area contributed by atoms with E-state index in [1.165, 1.54) is 24.5 Å². The molecule has 0 unspecified atom stereocenters. The quantitative estimate of drug-likeness (QED) is 0.648. The van der Waals surface area contributed by atoms with E-state index in [-0.39, 0.29) is 11.1 Å². The highest BCUT2D eigenvalue weighted by Gasteiger charge is 2.09. The van der Waals surface area contributed by atoms with E-state index in [1.54, 1.807) is 6.07 Å². The van der Waals surface area contributed by atoms with Crippen molar-refractivity contribution >= 4 is 0 Å². The predicted octanol–water partition coefficient (Wildman–Crippen LogP) is 2.42. The Bertz CT molecular complexity index is 414. The van der Waals surface area contributed by atoms with Crippen molar-refractivity contribution in [3.63, 3.8) is 0 Å². The summed E-state index contributed by atoms with van der Waals surface area (Å²) >= 11 is 0. The van der Waals surface area contributed by atoms with Gasteiger partial charge in [0.25, 0.3) is 0 Å². The van der Waals surface area contributed by atoms with Gasteiger partial charge in [0.2, 0.25) is 5.95 Å². The molecule has 2 nitrogen and oxygen atoms in total. The predicted molar refractivity (Wildman–Crippen MR) is 47.4 cm³/mol. The molecule has 2 rings (SSSR count). The Morgan fingerprint density at radius 2 is 1.86 bits per heavy atom. The third-order valence-electron chi connectivity index (χ3n) is 1.82. The molecule has 0 atom stereocenters. The van der Waals surface area contributed by atoms with E-state index in [0.717, 1.165) is 6.20 Å². The van der Waals surface area contributed by atoms with Crippen LogP contribution in [0, 0.1) is 11.8 Å². The van der Waals surface area contributed by atoms with Gasteiger partial charge in [0.1, 0.15) is 5.82 Å². The standard InChI is InChI=1S/C10H6F2N2/c11-9-6-13-5-3-7(9)8-2-1-4-14-10(8)12/h1-6H. The van der Waals surface area contributed by atoms with E-state index in [9.17, 15) is 8.78 Å². The largest absolute Gasteiger partial charge is 0.262 e. The van der Waals surface area contributed by atoms with Crippen molar-refractivity contribution in [3.05, 3.63) is 48.6 Å². The van der Waals surface area contributed by atoms with E-state index < -0.39 is 11.8 Å². The first-order valence-corrected chi connectivity index (χ1v) is 3.99. The summed E-state index contributed by atoms with van der Waals surface area (Å²) in [5.41, 5.74) is 0.318. The summed E-state index contributed by atoms with van der Waals surface area (Å²) in [5.74, 6) is -1.24. The lowest BCUT2D eigenvalue weighted by Crippen LogP contribution is -1.91. The second-order valence-electron chi connectivity index (χ2n) is 2.70. The highest BCUT2D eigenvalue weighted by Crippen LogP contribution is 2.22. The molecular formula is C10H6F2N2. The van der Waals surface area contributed by atoms with Gasteiger partial charge in [-0.05, 0) is 18.2 Å². The maximum atomic E-state index is 13.2. The highest BCUT2D eigenvalue weighted by molar-refractivity contribution is 5.62. The van der Waals surface area contributed by atoms with Crippen LogP contribution in [-0.2, 0) is 0 Å². The topological polar surface area (TPSA) is 25.8 Å². The molecule has 2 aromatic heterocycles. The maximum Gasteiger partial charge on any atom is 0.220 e. The number of hydrogen-bond acceptors (Lipinski definition) is 2. The van der Waals surface area contributed by atoms with Crippen molar-refractivity contribution in [2.24, 2.45) is 0 Å². The van der Waals surface area contributed by atoms with Gasteiger partial charge in [-0.2, -0.15) is 4.39 Å². The third kappa shape index (κ3) is 1.46. The minimum atomic E-state index is -0.683. The molecule has 0 fully saturated rings. The Hall–Kier alpha value is -1.84. The van der Waals surface area contributed by atoms with Gasteiger partial charge in [-0.3, -0.25) is 4.98 Å². The smallest absolute Gasteiger partial charge is 0.220 e. The minimum Gasteiger partial charge on any atom is -0.262 e. The summed E-state index contributed by atoms with van der Waals surface area (Å²) in [6.07, 6.45) is 3.77. The van der Waals surface area contributed by atoms with Crippen LogP contribution in [0.1, 0.15) is 0 Å². The molecule has 4 heteroatoms. The van der Waals surface area contributed by atoms with Gasteiger partial charge in [-0.15, -0.1) is 0 Å². The van der Waals surface area contributed by atoms with Crippen LogP contribution in [0.3, 0.4) is 0 Å². The normalized spacial score (nSPS) is 10.1. The molecule has 0 aliphatic heterocycles. The van der Waals surface area contributed by atoms with E-state index >= 15 is 0 Å². The van der Waals surface area contributed by atoms with E-state index in [2.05, 4.69) is 9.97 Å². The molecule has 0 amide bonds. The summed E-state index contributed by atoms with van der Waals surface area (Å²) in [4.78, 5) is 7.03. The van der Waals surface area contributed by atoms with Crippen LogP contribution in [-0.4, -0.2) is 9.97 Å². The lowest BCUT2D eigenvalue weighted by molar-refractivity contribution is 0.582. The number of pyridine rings is 2. The Morgan fingerprint density at radius 3 is 2.57 bits per heavy atom. The molecule has 70 valence electrons. The Labute approximate surface area is 79.3 Å². The van der Waals surface area contributed by atoms with Crippen LogP contribution in [0.25, 0.3) is 11.1 Å². The fourth-order valence-corrected chi connectivity index (χ4v) is 1.18. The molecule has 0 aromatic carbocycles. The van der Waals surface area contributed by atoms with Gasteiger partial charge in [0.15, 0.2) is 0 Å². The van der Waals surface area contributed by atoms with Gasteiger partial charge in [-0.1, -0.05) is 0 Å². The molecule has 0 saturated heterocycles. The fourth-order valence-electron chi connectivity index (χ4n) is 1.18. The average Bonchev–Trinajstić information content (AvgIpc) is 2.20. The number of halogens is 2. The van der Waals surface area contributed by atoms with Crippen molar-refractivity contribution in [3.8, 4) is 11.1 Å². The zero-order valence-electron chi connectivity index (χ0n) is 7.11. The number of rotatable bonds is 1. The summed E-state index contributed by atoms with van der Waals surface area (Å²) in [5, 5.41) is 0. The molecule has 0 spiro atoms. The van der Waals surface area contributed by atoms with Crippen molar-refractivity contribution in [1.29, 1.82) is 0 Å². The van der Waals surface area contributed by atoms with Gasteiger partial charge in [0, 0.05) is 23.5 Å². The highest BCUT2D eigenvalue weighted by atomic mass is 19.1. The number of nitrogens with zero attached hydrogens (tertiary/aromatic N) is 2. The van der Waals surface area contributed by atoms with Crippen LogP contribution in [0.2, 0.25) is 0 Å². The maximum absolute atomic E-state index is 13.2. The molecule has 0 radical (unpaired) electrons. The SMILES string of the molecule is Fc1cnccc1-c1cccnc1F. The van der Waals surface area contributed by atoms with Gasteiger partial charge in [-0.25, -0.2) is 9.37 Å². The lowest BCUT2D eigenvalue weighted by Gasteiger charge is -2.02. The van der Waals surface area contributed by atoms with Crippen LogP contribution in [0.4, 0.5) is 8.78 Å². The minimum absolute atomic E-state index is 0.146. The first-order valence-electron chi connectivity index (χ1n) is 3.99. The molecule has 0 bridgehead atoms. The zero-order valence-corrected chi connectivity index (χ0v) is 7.11. The molecular weight excluding hydrogens is 186 g/mol. The van der Waals surface area contributed by atoms with Crippen LogP contribution < -0.4 is 0 Å². The van der Waals surface area contributed by atoms with Crippen molar-refractivity contribution in [2.75, 3.05) is 0 Å². The Kier molecular flexibility index (Phi) is 2.18. The second kappa shape index (κ2) is 3.49. The average molecular weight is 192 g/mol. The molecule has 0 N–H and O–H groups in total. The molecule has 0 aliphatic carbocycles. The van der Waals surface area contributed by atoms with Gasteiger partial charge in [0.05, 0.1) is 6.20 Å². The molecule has 0 aliphatic rings. The van der Waals surface area contributed by atoms with Crippen molar-refractivity contribution < 1.29 is 8.78 Å². The number of hydrogen-bond donors (Lipinski definition) is 0. The second-order valence-corrected chi connectivity index (χ2v) is 2.70. The van der Waals surface area contributed by atoms with Crippen LogP contribution >= 0.6 is 0 Å². The van der Waals surface area contributed by atoms with Crippen molar-refractivity contribution in [1.82, 2.24) is 9.97 Å². The Balaban J connectivity index is 2.61. The first-order chi connectivity index (χ1) is 6.79. The summed E-state index contributed by atoms with van der Waals surface area (Å²) in [6, 6.07) is 4.44. The Morgan fingerprint density at radius 1 is 1.00 bits per heavy atom. The van der Waals surface area contributed by atoms with E-state index in [1.807, 2.05) is 0 Å². The monoisotopic (exact) mass is 192 g/mol. The zero-order chi connectivity index (χ0) is 9.97. The van der Waals surface area contributed by atoms with Crippen LogP contribution in [0.5, 0.6) is 0 Å². The third-order valence-corrected chi connectivity index (χ3v) is 1.82. The summed E-state index contributed by atoms with van der Waals surface area (Å²) in [7, 11) is 0. The molecule has 2 heterocycles. The molecule has 14 heavy (non-hydrogen) atoms. The lowest BCUT2D eigenvalue weighted by atomic mass is 10.1.